The van der Waals surface area contributed by atoms with Crippen LogP contribution in [0.15, 0.2) is 35.6 Å². The molecule has 0 aromatic heterocycles. The van der Waals surface area contributed by atoms with Crippen molar-refractivity contribution in [1.82, 2.24) is 5.43 Å². The van der Waals surface area contributed by atoms with Crippen LogP contribution < -0.4 is 15.9 Å². The number of nitrogens with two attached hydrogens (primary N) is 1. The highest BCUT2D eigenvalue weighted by Gasteiger charge is 2.31. The second-order valence-electron chi connectivity index (χ2n) is 4.67. The molecule has 6 nitrogen and oxygen atoms in total. The molecule has 0 unspecified atom stereocenters. The van der Waals surface area contributed by atoms with Crippen LogP contribution in [0.1, 0.15) is 19.4 Å². The van der Waals surface area contributed by atoms with Crippen molar-refractivity contribution in [3.8, 4) is 5.75 Å². The quantitative estimate of drug-likeness (QED) is 0.266. The summed E-state index contributed by atoms with van der Waals surface area (Å²) in [5.74, 6) is -1.28. The van der Waals surface area contributed by atoms with Crippen molar-refractivity contribution >= 4 is 23.4 Å². The zero-order valence-corrected chi connectivity index (χ0v) is 13.5. The van der Waals surface area contributed by atoms with Crippen LogP contribution in [0, 0.1) is 0 Å². The molecule has 0 saturated heterocycles. The smallest absolute Gasteiger partial charge is 0.460 e. The molecule has 0 aliphatic rings. The Labute approximate surface area is 141 Å². The zero-order valence-electron chi connectivity index (χ0n) is 12.7. The second-order valence-corrected chi connectivity index (χ2v) is 5.10. The maximum atomic E-state index is 12.2. The average molecular weight is 366 g/mol. The third-order valence-corrected chi connectivity index (χ3v) is 2.45. The van der Waals surface area contributed by atoms with Gasteiger partial charge in [-0.15, -0.1) is 13.2 Å². The SMILES string of the molecule is CC(C)OC(=O)/C=C\N/N=C(\N)c1cc(Cl)cc(OC(F)(F)F)c1. The topological polar surface area (TPSA) is 85.9 Å². The molecule has 10 heteroatoms. The number of esters is 1. The summed E-state index contributed by atoms with van der Waals surface area (Å²) in [5, 5.41) is 3.67. The van der Waals surface area contributed by atoms with E-state index in [9.17, 15) is 18.0 Å². The molecule has 132 valence electrons. The van der Waals surface area contributed by atoms with Crippen LogP contribution in [0.2, 0.25) is 5.02 Å². The Bertz CT molecular complexity index is 646. The van der Waals surface area contributed by atoms with Crippen LogP contribution in [0.5, 0.6) is 5.75 Å². The van der Waals surface area contributed by atoms with Gasteiger partial charge in [0, 0.05) is 22.9 Å². The van der Waals surface area contributed by atoms with Crippen molar-refractivity contribution in [2.75, 3.05) is 0 Å². The molecule has 0 aliphatic carbocycles. The lowest BCUT2D eigenvalue weighted by molar-refractivity contribution is -0.274. The van der Waals surface area contributed by atoms with Gasteiger partial charge >= 0.3 is 12.3 Å². The minimum atomic E-state index is -4.86. The first-order valence-corrected chi connectivity index (χ1v) is 6.97. The molecule has 1 rings (SSSR count). The first-order valence-electron chi connectivity index (χ1n) is 6.59. The van der Waals surface area contributed by atoms with Gasteiger partial charge in [0.15, 0.2) is 5.84 Å². The molecule has 0 radical (unpaired) electrons. The Hall–Kier alpha value is -2.42. The Morgan fingerprint density at radius 3 is 2.62 bits per heavy atom. The zero-order chi connectivity index (χ0) is 18.3. The number of alkyl halides is 3. The van der Waals surface area contributed by atoms with Gasteiger partial charge in [-0.05, 0) is 32.0 Å². The molecule has 1 aromatic carbocycles. The van der Waals surface area contributed by atoms with Crippen molar-refractivity contribution in [2.24, 2.45) is 10.8 Å². The van der Waals surface area contributed by atoms with E-state index in [1.807, 2.05) is 0 Å². The van der Waals surface area contributed by atoms with Crippen LogP contribution in [-0.4, -0.2) is 24.3 Å². The van der Waals surface area contributed by atoms with Crippen molar-refractivity contribution in [3.63, 3.8) is 0 Å². The van der Waals surface area contributed by atoms with Gasteiger partial charge in [0.2, 0.25) is 0 Å². The number of carbonyl (C=O) groups excluding carboxylic acids is 1. The van der Waals surface area contributed by atoms with E-state index < -0.39 is 18.1 Å². The molecule has 1 aromatic rings. The first kappa shape index (κ1) is 19.6. The average Bonchev–Trinajstić information content (AvgIpc) is 2.39. The van der Waals surface area contributed by atoms with E-state index in [2.05, 4.69) is 15.3 Å². The molecular formula is C14H15ClF3N3O3. The lowest BCUT2D eigenvalue weighted by Crippen LogP contribution is -2.19. The van der Waals surface area contributed by atoms with Gasteiger partial charge in [-0.1, -0.05) is 11.6 Å². The maximum Gasteiger partial charge on any atom is 0.573 e. The second kappa shape index (κ2) is 8.44. The van der Waals surface area contributed by atoms with Gasteiger partial charge < -0.3 is 15.2 Å². The van der Waals surface area contributed by atoms with Gasteiger partial charge in [-0.3, -0.25) is 5.43 Å². The highest BCUT2D eigenvalue weighted by atomic mass is 35.5. The van der Waals surface area contributed by atoms with E-state index in [1.54, 1.807) is 13.8 Å². The Kier molecular flexibility index (Phi) is 6.90. The van der Waals surface area contributed by atoms with E-state index in [-0.39, 0.29) is 22.5 Å². The summed E-state index contributed by atoms with van der Waals surface area (Å²) in [5.41, 5.74) is 8.09. The van der Waals surface area contributed by atoms with Gasteiger partial charge in [-0.2, -0.15) is 5.10 Å². The Morgan fingerprint density at radius 2 is 2.04 bits per heavy atom. The standard InChI is InChI=1S/C14H15ClF3N3O3/c1-8(2)23-12(22)3-4-20-21-13(19)9-5-10(15)7-11(6-9)24-14(16,17)18/h3-8,20H,1-2H3,(H2,19,21)/b4-3-. The fourth-order valence-electron chi connectivity index (χ4n) is 1.45. The number of nitrogens with one attached hydrogen (secondary N) is 1. The number of halogens is 4. The Morgan fingerprint density at radius 1 is 1.38 bits per heavy atom. The normalized spacial score (nSPS) is 12.5. The van der Waals surface area contributed by atoms with Crippen molar-refractivity contribution < 1.29 is 27.4 Å². The number of benzene rings is 1. The van der Waals surface area contributed by atoms with Crippen molar-refractivity contribution in [2.45, 2.75) is 26.3 Å². The molecule has 0 amide bonds. The first-order chi connectivity index (χ1) is 11.1. The molecule has 0 spiro atoms. The molecular weight excluding hydrogens is 351 g/mol. The maximum absolute atomic E-state index is 12.2. The van der Waals surface area contributed by atoms with E-state index in [4.69, 9.17) is 22.1 Å². The van der Waals surface area contributed by atoms with Gasteiger partial charge in [0.1, 0.15) is 5.75 Å². The van der Waals surface area contributed by atoms with Crippen LogP contribution in [-0.2, 0) is 9.53 Å². The van der Waals surface area contributed by atoms with Crippen LogP contribution >= 0.6 is 11.6 Å². The fourth-order valence-corrected chi connectivity index (χ4v) is 1.68. The molecule has 3 N–H and O–H groups in total. The third-order valence-electron chi connectivity index (χ3n) is 2.23. The number of carbonyl (C=O) groups is 1. The number of hydrazone groups is 1. The third kappa shape index (κ3) is 7.73. The van der Waals surface area contributed by atoms with E-state index in [1.165, 1.54) is 6.07 Å². The summed E-state index contributed by atoms with van der Waals surface area (Å²) < 4.78 is 45.3. The van der Waals surface area contributed by atoms with Crippen LogP contribution in [0.3, 0.4) is 0 Å². The van der Waals surface area contributed by atoms with Gasteiger partial charge in [0.05, 0.1) is 6.10 Å². The van der Waals surface area contributed by atoms with E-state index in [0.717, 1.165) is 24.4 Å². The lowest BCUT2D eigenvalue weighted by Gasteiger charge is -2.10. The largest absolute Gasteiger partial charge is 0.573 e. The molecule has 0 heterocycles. The summed E-state index contributed by atoms with van der Waals surface area (Å²) in [6, 6.07) is 3.32. The molecule has 24 heavy (non-hydrogen) atoms. The van der Waals surface area contributed by atoms with Crippen molar-refractivity contribution in [1.29, 1.82) is 0 Å². The number of rotatable bonds is 6. The lowest BCUT2D eigenvalue weighted by atomic mass is 10.2. The minimum absolute atomic E-state index is 0.0130. The molecule has 0 fully saturated rings. The summed E-state index contributed by atoms with van der Waals surface area (Å²) >= 11 is 5.72. The number of amidine groups is 1. The van der Waals surface area contributed by atoms with Gasteiger partial charge in [-0.25, -0.2) is 4.79 Å². The number of ether oxygens (including phenoxy) is 2. The summed E-state index contributed by atoms with van der Waals surface area (Å²) in [6.45, 7) is 3.38. The molecule has 0 bridgehead atoms. The summed E-state index contributed by atoms with van der Waals surface area (Å²) in [7, 11) is 0. The predicted molar refractivity (Wildman–Crippen MR) is 82.4 cm³/mol. The summed E-state index contributed by atoms with van der Waals surface area (Å²) in [4.78, 5) is 11.2. The highest BCUT2D eigenvalue weighted by Crippen LogP contribution is 2.26. The number of nitrogens with zero attached hydrogens (tertiary/aromatic N) is 1. The van der Waals surface area contributed by atoms with E-state index in [0.29, 0.717) is 0 Å². The predicted octanol–water partition coefficient (Wildman–Crippen LogP) is 2.91. The van der Waals surface area contributed by atoms with E-state index >= 15 is 0 Å². The monoisotopic (exact) mass is 365 g/mol. The Balaban J connectivity index is 2.78. The fraction of sp³-hybridized carbons (Fsp3) is 0.286. The molecule has 0 atom stereocenters. The highest BCUT2D eigenvalue weighted by molar-refractivity contribution is 6.31. The summed E-state index contributed by atoms with van der Waals surface area (Å²) in [6.07, 6.45) is -2.89. The number of hydrogen-bond donors (Lipinski definition) is 2. The van der Waals surface area contributed by atoms with Crippen molar-refractivity contribution in [3.05, 3.63) is 41.1 Å². The minimum Gasteiger partial charge on any atom is -0.460 e. The van der Waals surface area contributed by atoms with Crippen LogP contribution in [0.25, 0.3) is 0 Å². The van der Waals surface area contributed by atoms with Crippen LogP contribution in [0.4, 0.5) is 13.2 Å². The van der Waals surface area contributed by atoms with Gasteiger partial charge in [0.25, 0.3) is 0 Å². The number of hydrogen-bond acceptors (Lipinski definition) is 5. The molecule has 0 saturated carbocycles. The molecule has 0 aliphatic heterocycles.